The van der Waals surface area contributed by atoms with E-state index in [1.54, 1.807) is 6.07 Å². The number of alkyl halides is 3. The van der Waals surface area contributed by atoms with E-state index in [1.165, 1.54) is 12.3 Å². The van der Waals surface area contributed by atoms with E-state index in [0.29, 0.717) is 25.2 Å². The molecule has 0 bridgehead atoms. The minimum absolute atomic E-state index is 0.0519. The van der Waals surface area contributed by atoms with Gasteiger partial charge in [0.2, 0.25) is 5.91 Å². The fourth-order valence-corrected chi connectivity index (χ4v) is 2.18. The third-order valence-electron chi connectivity index (χ3n) is 3.53. The Morgan fingerprint density at radius 1 is 1.12 bits per heavy atom. The van der Waals surface area contributed by atoms with Crippen LogP contribution in [-0.2, 0) is 24.2 Å². The number of hydrogen-bond acceptors (Lipinski definition) is 4. The third kappa shape index (κ3) is 7.10. The van der Waals surface area contributed by atoms with E-state index in [-0.39, 0.29) is 18.1 Å². The zero-order valence-electron chi connectivity index (χ0n) is 14.1. The van der Waals surface area contributed by atoms with Crippen molar-refractivity contribution in [2.24, 2.45) is 5.73 Å². The first kappa shape index (κ1) is 19.7. The van der Waals surface area contributed by atoms with Gasteiger partial charge in [-0.1, -0.05) is 24.3 Å². The molecule has 8 heteroatoms. The molecule has 0 spiro atoms. The molecule has 1 aromatic heterocycles. The van der Waals surface area contributed by atoms with Crippen molar-refractivity contribution in [3.8, 4) is 5.75 Å². The number of halogens is 3. The van der Waals surface area contributed by atoms with Crippen molar-refractivity contribution in [2.75, 3.05) is 13.2 Å². The third-order valence-corrected chi connectivity index (χ3v) is 3.53. The van der Waals surface area contributed by atoms with Gasteiger partial charge >= 0.3 is 6.18 Å². The number of rotatable bonds is 8. The lowest BCUT2D eigenvalue weighted by atomic mass is 10.1. The number of amides is 1. The van der Waals surface area contributed by atoms with Gasteiger partial charge in [-0.25, -0.2) is 0 Å². The molecule has 1 aromatic carbocycles. The van der Waals surface area contributed by atoms with Gasteiger partial charge in [-0.2, -0.15) is 13.2 Å². The molecule has 1 heterocycles. The number of carbonyl (C=O) groups is 1. The number of aromatic nitrogens is 1. The van der Waals surface area contributed by atoms with E-state index in [9.17, 15) is 18.0 Å². The minimum atomic E-state index is -4.38. The molecule has 0 aliphatic heterocycles. The number of nitrogens with zero attached hydrogens (tertiary/aromatic N) is 1. The van der Waals surface area contributed by atoms with Crippen molar-refractivity contribution >= 4 is 5.91 Å². The fraction of sp³-hybridized carbons (Fsp3) is 0.333. The molecule has 3 N–H and O–H groups in total. The number of pyridine rings is 1. The van der Waals surface area contributed by atoms with Crippen LogP contribution >= 0.6 is 0 Å². The first-order valence-corrected chi connectivity index (χ1v) is 8.05. The van der Waals surface area contributed by atoms with Crippen molar-refractivity contribution in [3.63, 3.8) is 0 Å². The van der Waals surface area contributed by atoms with E-state index in [0.717, 1.165) is 11.1 Å². The summed E-state index contributed by atoms with van der Waals surface area (Å²) in [6.45, 7) is -0.509. The molecule has 0 fully saturated rings. The lowest BCUT2D eigenvalue weighted by Gasteiger charge is -2.09. The zero-order chi connectivity index (χ0) is 19.0. The molecule has 0 radical (unpaired) electrons. The predicted molar refractivity (Wildman–Crippen MR) is 90.5 cm³/mol. The lowest BCUT2D eigenvalue weighted by molar-refractivity contribution is -0.153. The highest BCUT2D eigenvalue weighted by Crippen LogP contribution is 2.17. The van der Waals surface area contributed by atoms with Crippen LogP contribution in [0.25, 0.3) is 0 Å². The molecule has 2 aromatic rings. The van der Waals surface area contributed by atoms with Crippen molar-refractivity contribution < 1.29 is 22.7 Å². The first-order chi connectivity index (χ1) is 12.4. The maximum Gasteiger partial charge on any atom is 0.422 e. The second kappa shape index (κ2) is 9.19. The molecule has 0 aliphatic carbocycles. The topological polar surface area (TPSA) is 77.2 Å². The fourth-order valence-electron chi connectivity index (χ4n) is 2.18. The molecule has 26 heavy (non-hydrogen) atoms. The van der Waals surface area contributed by atoms with Crippen LogP contribution in [0.3, 0.4) is 0 Å². The Labute approximate surface area is 149 Å². The summed E-state index contributed by atoms with van der Waals surface area (Å²) in [5, 5.41) is 2.78. The van der Waals surface area contributed by atoms with E-state index in [2.05, 4.69) is 15.0 Å². The van der Waals surface area contributed by atoms with Crippen molar-refractivity contribution in [1.29, 1.82) is 0 Å². The molecule has 0 saturated heterocycles. The van der Waals surface area contributed by atoms with Crippen LogP contribution in [0.15, 0.2) is 42.6 Å². The normalized spacial score (nSPS) is 11.2. The van der Waals surface area contributed by atoms with Gasteiger partial charge in [0, 0.05) is 25.2 Å². The monoisotopic (exact) mass is 367 g/mol. The van der Waals surface area contributed by atoms with Gasteiger partial charge in [0.1, 0.15) is 5.75 Å². The van der Waals surface area contributed by atoms with Crippen molar-refractivity contribution in [3.05, 3.63) is 59.4 Å². The zero-order valence-corrected chi connectivity index (χ0v) is 14.1. The maximum absolute atomic E-state index is 12.1. The first-order valence-electron chi connectivity index (χ1n) is 8.05. The summed E-state index contributed by atoms with van der Waals surface area (Å²) in [6, 6.07) is 10.5. The standard InChI is InChI=1S/C18H20F3N3O2/c19-18(20,21)12-26-16-6-5-15(24-11-16)7-8-23-17(25)9-13-1-3-14(10-22)4-2-13/h1-6,11H,7-10,12,22H2,(H,23,25). The van der Waals surface area contributed by atoms with Crippen LogP contribution in [0.1, 0.15) is 16.8 Å². The number of hydrogen-bond donors (Lipinski definition) is 2. The van der Waals surface area contributed by atoms with E-state index < -0.39 is 12.8 Å². The predicted octanol–water partition coefficient (Wildman–Crippen LogP) is 2.38. The number of ether oxygens (including phenoxy) is 1. The molecule has 140 valence electrons. The Morgan fingerprint density at radius 3 is 2.38 bits per heavy atom. The van der Waals surface area contributed by atoms with Crippen LogP contribution in [-0.4, -0.2) is 30.2 Å². The summed E-state index contributed by atoms with van der Waals surface area (Å²) in [5.41, 5.74) is 8.07. The quantitative estimate of drug-likeness (QED) is 0.751. The van der Waals surface area contributed by atoms with Crippen LogP contribution in [0.5, 0.6) is 5.75 Å². The summed E-state index contributed by atoms with van der Waals surface area (Å²) < 4.78 is 40.8. The van der Waals surface area contributed by atoms with Crippen molar-refractivity contribution in [2.45, 2.75) is 25.6 Å². The Bertz CT molecular complexity index is 701. The average molecular weight is 367 g/mol. The molecule has 1 amide bonds. The highest BCUT2D eigenvalue weighted by atomic mass is 19.4. The summed E-state index contributed by atoms with van der Waals surface area (Å²) in [5.74, 6) is -0.0633. The Hall–Kier alpha value is -2.61. The highest BCUT2D eigenvalue weighted by molar-refractivity contribution is 5.78. The second-order valence-electron chi connectivity index (χ2n) is 5.69. The maximum atomic E-state index is 12.1. The Balaban J connectivity index is 1.72. The molecule has 0 saturated carbocycles. The van der Waals surface area contributed by atoms with E-state index in [1.807, 2.05) is 24.3 Å². The molecular weight excluding hydrogens is 347 g/mol. The van der Waals surface area contributed by atoms with Crippen LogP contribution in [0, 0.1) is 0 Å². The van der Waals surface area contributed by atoms with E-state index >= 15 is 0 Å². The molecule has 0 unspecified atom stereocenters. The average Bonchev–Trinajstić information content (AvgIpc) is 2.61. The summed E-state index contributed by atoms with van der Waals surface area (Å²) in [4.78, 5) is 15.9. The Morgan fingerprint density at radius 2 is 1.81 bits per heavy atom. The van der Waals surface area contributed by atoms with Gasteiger partial charge in [0.05, 0.1) is 12.6 Å². The number of carbonyl (C=O) groups excluding carboxylic acids is 1. The molecular formula is C18H20F3N3O2. The van der Waals surface area contributed by atoms with Gasteiger partial charge in [-0.15, -0.1) is 0 Å². The van der Waals surface area contributed by atoms with Crippen LogP contribution < -0.4 is 15.8 Å². The summed E-state index contributed by atoms with van der Waals surface area (Å²) in [7, 11) is 0. The minimum Gasteiger partial charge on any atom is -0.483 e. The number of nitrogens with one attached hydrogen (secondary N) is 1. The largest absolute Gasteiger partial charge is 0.483 e. The smallest absolute Gasteiger partial charge is 0.422 e. The lowest BCUT2D eigenvalue weighted by Crippen LogP contribution is -2.27. The second-order valence-corrected chi connectivity index (χ2v) is 5.69. The van der Waals surface area contributed by atoms with Gasteiger partial charge in [-0.05, 0) is 23.3 Å². The SMILES string of the molecule is NCc1ccc(CC(=O)NCCc2ccc(OCC(F)(F)F)cn2)cc1. The highest BCUT2D eigenvalue weighted by Gasteiger charge is 2.28. The van der Waals surface area contributed by atoms with Gasteiger partial charge in [0.15, 0.2) is 6.61 Å². The van der Waals surface area contributed by atoms with Crippen LogP contribution in [0.2, 0.25) is 0 Å². The molecule has 0 atom stereocenters. The van der Waals surface area contributed by atoms with Gasteiger partial charge < -0.3 is 15.8 Å². The molecule has 2 rings (SSSR count). The summed E-state index contributed by atoms with van der Waals surface area (Å²) in [6.07, 6.45) is -2.41. The van der Waals surface area contributed by atoms with Crippen LogP contribution in [0.4, 0.5) is 13.2 Å². The molecule has 5 nitrogen and oxygen atoms in total. The number of nitrogens with two attached hydrogens (primary N) is 1. The molecule has 0 aliphatic rings. The van der Waals surface area contributed by atoms with Crippen molar-refractivity contribution in [1.82, 2.24) is 10.3 Å². The van der Waals surface area contributed by atoms with Gasteiger partial charge in [0.25, 0.3) is 0 Å². The van der Waals surface area contributed by atoms with E-state index in [4.69, 9.17) is 5.73 Å². The summed E-state index contributed by atoms with van der Waals surface area (Å²) >= 11 is 0. The number of benzene rings is 1. The Kier molecular flexibility index (Phi) is 6.97. The van der Waals surface area contributed by atoms with Gasteiger partial charge in [-0.3, -0.25) is 9.78 Å².